The van der Waals surface area contributed by atoms with Gasteiger partial charge in [0.25, 0.3) is 0 Å². The number of hydrazone groups is 1. The molecule has 27 heavy (non-hydrogen) atoms. The number of hydrogen-bond acceptors (Lipinski definition) is 5. The van der Waals surface area contributed by atoms with E-state index in [2.05, 4.69) is 9.82 Å². The summed E-state index contributed by atoms with van der Waals surface area (Å²) >= 11 is 0. The molecule has 0 amide bonds. The van der Waals surface area contributed by atoms with Crippen molar-refractivity contribution in [2.45, 2.75) is 19.4 Å². The largest absolute Gasteiger partial charge is 0.283 e. The van der Waals surface area contributed by atoms with Crippen LogP contribution in [-0.2, 0) is 20.0 Å². The molecule has 1 heterocycles. The number of hydrogen-bond donors (Lipinski definition) is 1. The third-order valence-corrected chi connectivity index (χ3v) is 5.90. The van der Waals surface area contributed by atoms with Gasteiger partial charge in [-0.1, -0.05) is 42.5 Å². The van der Waals surface area contributed by atoms with Crippen molar-refractivity contribution in [2.75, 3.05) is 17.2 Å². The summed E-state index contributed by atoms with van der Waals surface area (Å²) in [6.45, 7) is 1.92. The molecule has 0 aliphatic carbocycles. The van der Waals surface area contributed by atoms with Gasteiger partial charge in [0.1, 0.15) is 0 Å². The molecular weight excluding hydrogens is 386 g/mol. The van der Waals surface area contributed by atoms with Gasteiger partial charge in [-0.25, -0.2) is 16.8 Å². The Balaban J connectivity index is 2.08. The first-order valence-electron chi connectivity index (χ1n) is 8.26. The highest BCUT2D eigenvalue weighted by Gasteiger charge is 2.35. The molecule has 3 rings (SSSR count). The van der Waals surface area contributed by atoms with Crippen LogP contribution < -0.4 is 4.72 Å². The summed E-state index contributed by atoms with van der Waals surface area (Å²) in [6.07, 6.45) is 2.53. The number of aryl methyl sites for hydroxylation is 1. The van der Waals surface area contributed by atoms with Crippen molar-refractivity contribution in [2.24, 2.45) is 5.10 Å². The minimum atomic E-state index is -3.60. The zero-order valence-electron chi connectivity index (χ0n) is 15.2. The first-order valence-corrected chi connectivity index (χ1v) is 12.0. The third-order valence-electron chi connectivity index (χ3n) is 4.29. The predicted molar refractivity (Wildman–Crippen MR) is 107 cm³/mol. The first-order chi connectivity index (χ1) is 12.6. The quantitative estimate of drug-likeness (QED) is 0.824. The average Bonchev–Trinajstić information content (AvgIpc) is 2.99. The Morgan fingerprint density at radius 2 is 1.63 bits per heavy atom. The molecule has 0 fully saturated rings. The van der Waals surface area contributed by atoms with Crippen LogP contribution in [0.2, 0.25) is 0 Å². The molecule has 7 nitrogen and oxygen atoms in total. The minimum Gasteiger partial charge on any atom is -0.283 e. The lowest BCUT2D eigenvalue weighted by Crippen LogP contribution is -2.26. The second kappa shape index (κ2) is 6.97. The minimum absolute atomic E-state index is 0.348. The van der Waals surface area contributed by atoms with Crippen molar-refractivity contribution in [1.29, 1.82) is 0 Å². The van der Waals surface area contributed by atoms with Gasteiger partial charge in [-0.15, -0.1) is 0 Å². The maximum Gasteiger partial charge on any atom is 0.247 e. The van der Waals surface area contributed by atoms with Crippen molar-refractivity contribution in [3.05, 3.63) is 65.2 Å². The molecule has 2 aromatic rings. The molecular formula is C18H21N3O4S2. The molecule has 0 bridgehead atoms. The maximum absolute atomic E-state index is 12.3. The van der Waals surface area contributed by atoms with Crippen LogP contribution >= 0.6 is 0 Å². The highest BCUT2D eigenvalue weighted by Crippen LogP contribution is 2.37. The van der Waals surface area contributed by atoms with Crippen molar-refractivity contribution >= 4 is 31.4 Å². The zero-order chi connectivity index (χ0) is 19.8. The van der Waals surface area contributed by atoms with E-state index in [1.165, 1.54) is 0 Å². The van der Waals surface area contributed by atoms with Gasteiger partial charge in [-0.3, -0.25) is 4.72 Å². The second-order valence-corrected chi connectivity index (χ2v) is 10.2. The summed E-state index contributed by atoms with van der Waals surface area (Å²) in [5, 5.41) is 4.35. The zero-order valence-corrected chi connectivity index (χ0v) is 16.9. The van der Waals surface area contributed by atoms with Gasteiger partial charge in [0.2, 0.25) is 20.0 Å². The molecule has 1 atom stereocenters. The monoisotopic (exact) mass is 407 g/mol. The van der Waals surface area contributed by atoms with Crippen molar-refractivity contribution in [1.82, 2.24) is 4.41 Å². The van der Waals surface area contributed by atoms with Gasteiger partial charge in [0.05, 0.1) is 30.0 Å². The summed E-state index contributed by atoms with van der Waals surface area (Å²) in [5.41, 5.74) is 3.29. The van der Waals surface area contributed by atoms with Gasteiger partial charge in [-0.2, -0.15) is 9.52 Å². The highest BCUT2D eigenvalue weighted by atomic mass is 32.2. The summed E-state index contributed by atoms with van der Waals surface area (Å²) in [4.78, 5) is 0. The average molecular weight is 408 g/mol. The van der Waals surface area contributed by atoms with Crippen molar-refractivity contribution in [3.63, 3.8) is 0 Å². The van der Waals surface area contributed by atoms with E-state index in [1.54, 1.807) is 24.3 Å². The standard InChI is InChI=1S/C18H21N3O4S2/c1-13-8-4-5-9-14(13)18-12-17(19-21(18)27(3,24)25)15-10-6-7-11-16(15)20-26(2,22)23/h4-11,18,20H,12H2,1-3H3/t18-/m0/s1. The number of anilines is 1. The Labute approximate surface area is 159 Å². The van der Waals surface area contributed by atoms with Gasteiger partial charge in [-0.05, 0) is 24.1 Å². The number of sulfonamides is 2. The highest BCUT2D eigenvalue weighted by molar-refractivity contribution is 7.92. The Hall–Kier alpha value is -2.39. The van der Waals surface area contributed by atoms with Crippen LogP contribution in [0.4, 0.5) is 5.69 Å². The molecule has 1 aliphatic heterocycles. The number of benzene rings is 2. The fourth-order valence-corrected chi connectivity index (χ4v) is 4.65. The fourth-order valence-electron chi connectivity index (χ4n) is 3.17. The van der Waals surface area contributed by atoms with Crippen LogP contribution in [0.25, 0.3) is 0 Å². The van der Waals surface area contributed by atoms with E-state index in [-0.39, 0.29) is 0 Å². The molecule has 144 valence electrons. The lowest BCUT2D eigenvalue weighted by Gasteiger charge is -2.22. The second-order valence-electron chi connectivity index (χ2n) is 6.58. The summed E-state index contributed by atoms with van der Waals surface area (Å²) in [5.74, 6) is 0. The Bertz CT molecular complexity index is 1110. The van der Waals surface area contributed by atoms with Crippen molar-refractivity contribution in [3.8, 4) is 0 Å². The van der Waals surface area contributed by atoms with E-state index >= 15 is 0 Å². The topological polar surface area (TPSA) is 95.9 Å². The predicted octanol–water partition coefficient (Wildman–Crippen LogP) is 2.48. The maximum atomic E-state index is 12.3. The van der Waals surface area contributed by atoms with E-state index in [0.717, 1.165) is 28.1 Å². The Kier molecular flexibility index (Phi) is 5.00. The molecule has 2 aromatic carbocycles. The Morgan fingerprint density at radius 3 is 2.26 bits per heavy atom. The molecule has 0 aromatic heterocycles. The molecule has 0 spiro atoms. The fraction of sp³-hybridized carbons (Fsp3) is 0.278. The lowest BCUT2D eigenvalue weighted by molar-refractivity contribution is 0.374. The molecule has 0 unspecified atom stereocenters. The molecule has 9 heteroatoms. The third kappa shape index (κ3) is 4.30. The van der Waals surface area contributed by atoms with Crippen LogP contribution in [0.15, 0.2) is 53.6 Å². The van der Waals surface area contributed by atoms with Crippen LogP contribution in [0.3, 0.4) is 0 Å². The number of para-hydroxylation sites is 1. The van der Waals surface area contributed by atoms with Crippen LogP contribution in [0.5, 0.6) is 0 Å². The van der Waals surface area contributed by atoms with E-state index in [9.17, 15) is 16.8 Å². The van der Waals surface area contributed by atoms with Gasteiger partial charge < -0.3 is 0 Å². The molecule has 1 N–H and O–H groups in total. The summed E-state index contributed by atoms with van der Waals surface area (Å²) < 4.78 is 51.6. The van der Waals surface area contributed by atoms with Gasteiger partial charge in [0.15, 0.2) is 0 Å². The number of nitrogens with one attached hydrogen (secondary N) is 1. The normalized spacial score (nSPS) is 17.7. The van der Waals surface area contributed by atoms with E-state index < -0.39 is 26.1 Å². The SMILES string of the molecule is Cc1ccccc1[C@@H]1CC(c2ccccc2NS(C)(=O)=O)=NN1S(C)(=O)=O. The summed E-state index contributed by atoms with van der Waals surface area (Å²) in [7, 11) is -7.08. The molecule has 0 saturated heterocycles. The van der Waals surface area contributed by atoms with Gasteiger partial charge in [0, 0.05) is 12.0 Å². The van der Waals surface area contributed by atoms with Crippen LogP contribution in [0, 0.1) is 6.92 Å². The van der Waals surface area contributed by atoms with E-state index in [1.807, 2.05) is 31.2 Å². The summed E-state index contributed by atoms with van der Waals surface area (Å²) in [6, 6.07) is 13.9. The first kappa shape index (κ1) is 19.4. The van der Waals surface area contributed by atoms with E-state index in [0.29, 0.717) is 23.4 Å². The van der Waals surface area contributed by atoms with Crippen molar-refractivity contribution < 1.29 is 16.8 Å². The number of rotatable bonds is 5. The Morgan fingerprint density at radius 1 is 1.00 bits per heavy atom. The molecule has 0 saturated carbocycles. The van der Waals surface area contributed by atoms with Gasteiger partial charge >= 0.3 is 0 Å². The van der Waals surface area contributed by atoms with E-state index in [4.69, 9.17) is 0 Å². The van der Waals surface area contributed by atoms with Crippen LogP contribution in [0.1, 0.15) is 29.2 Å². The van der Waals surface area contributed by atoms with Crippen LogP contribution in [-0.4, -0.2) is 39.5 Å². The lowest BCUT2D eigenvalue weighted by atomic mass is 9.95. The molecule has 1 aliphatic rings. The number of nitrogens with zero attached hydrogens (tertiary/aromatic N) is 2. The smallest absolute Gasteiger partial charge is 0.247 e. The molecule has 0 radical (unpaired) electrons.